The highest BCUT2D eigenvalue weighted by atomic mass is 32.1. The number of halogens is 1. The number of aryl methyl sites for hydroxylation is 3. The van der Waals surface area contributed by atoms with Crippen molar-refractivity contribution in [2.24, 2.45) is 5.73 Å². The van der Waals surface area contributed by atoms with E-state index in [1.165, 1.54) is 27.5 Å². The molecule has 0 fully saturated rings. The second-order valence-electron chi connectivity index (χ2n) is 7.85. The van der Waals surface area contributed by atoms with E-state index >= 15 is 0 Å². The monoisotopic (exact) mass is 427 g/mol. The van der Waals surface area contributed by atoms with Gasteiger partial charge in [-0.05, 0) is 81.7 Å². The van der Waals surface area contributed by atoms with Gasteiger partial charge < -0.3 is 15.5 Å². The van der Waals surface area contributed by atoms with Crippen LogP contribution in [0.2, 0.25) is 0 Å². The van der Waals surface area contributed by atoms with Crippen LogP contribution in [0.5, 0.6) is 0 Å². The van der Waals surface area contributed by atoms with Gasteiger partial charge in [-0.3, -0.25) is 4.57 Å². The van der Waals surface area contributed by atoms with Crippen LogP contribution in [0.25, 0.3) is 0 Å². The Labute approximate surface area is 171 Å². The SMILES string of the molecule is CC(N)(CCc1ccc(CCCCCc2ccc(F)cc2)s1)CCP(=O)(O)O. The predicted molar refractivity (Wildman–Crippen MR) is 114 cm³/mol. The van der Waals surface area contributed by atoms with Crippen LogP contribution in [0.3, 0.4) is 0 Å². The Kier molecular flexibility index (Phi) is 8.84. The number of unbranched alkanes of at least 4 members (excludes halogenated alkanes) is 2. The number of benzene rings is 1. The first-order valence-electron chi connectivity index (χ1n) is 9.78. The van der Waals surface area contributed by atoms with Crippen LogP contribution in [-0.2, 0) is 23.8 Å². The number of hydrogen-bond donors (Lipinski definition) is 3. The molecule has 0 bridgehead atoms. The first kappa shape index (κ1) is 23.2. The molecular weight excluding hydrogens is 396 g/mol. The Morgan fingerprint density at radius 3 is 2.21 bits per heavy atom. The molecule has 0 saturated carbocycles. The smallest absolute Gasteiger partial charge is 0.325 e. The summed E-state index contributed by atoms with van der Waals surface area (Å²) in [5.74, 6) is -0.186. The van der Waals surface area contributed by atoms with Gasteiger partial charge in [0.15, 0.2) is 0 Å². The molecule has 0 radical (unpaired) electrons. The minimum Gasteiger partial charge on any atom is -0.325 e. The van der Waals surface area contributed by atoms with Crippen molar-refractivity contribution >= 4 is 18.9 Å². The van der Waals surface area contributed by atoms with Crippen molar-refractivity contribution in [2.45, 2.75) is 63.8 Å². The summed E-state index contributed by atoms with van der Waals surface area (Å²) in [6.07, 6.45) is 7.15. The van der Waals surface area contributed by atoms with Crippen LogP contribution in [0.15, 0.2) is 36.4 Å². The van der Waals surface area contributed by atoms with Crippen molar-refractivity contribution in [3.05, 3.63) is 57.5 Å². The molecule has 1 atom stereocenters. The molecule has 1 unspecified atom stereocenters. The summed E-state index contributed by atoms with van der Waals surface area (Å²) in [5.41, 5.74) is 6.81. The van der Waals surface area contributed by atoms with E-state index in [0.29, 0.717) is 12.8 Å². The average Bonchev–Trinajstić information content (AvgIpc) is 3.07. The second-order valence-corrected chi connectivity index (χ2v) is 10.9. The van der Waals surface area contributed by atoms with Crippen molar-refractivity contribution in [3.63, 3.8) is 0 Å². The highest BCUT2D eigenvalue weighted by Crippen LogP contribution is 2.37. The van der Waals surface area contributed by atoms with Gasteiger partial charge in [-0.25, -0.2) is 4.39 Å². The minimum atomic E-state index is -3.99. The third-order valence-electron chi connectivity index (χ3n) is 4.94. The quantitative estimate of drug-likeness (QED) is 0.327. The lowest BCUT2D eigenvalue weighted by Gasteiger charge is -2.24. The van der Waals surface area contributed by atoms with E-state index in [1.807, 2.05) is 19.1 Å². The zero-order valence-corrected chi connectivity index (χ0v) is 18.2. The molecule has 4 nitrogen and oxygen atoms in total. The van der Waals surface area contributed by atoms with E-state index in [2.05, 4.69) is 12.1 Å². The van der Waals surface area contributed by atoms with E-state index in [-0.39, 0.29) is 12.0 Å². The zero-order chi connectivity index (χ0) is 20.6. The fourth-order valence-electron chi connectivity index (χ4n) is 3.08. The number of thiophene rings is 1. The van der Waals surface area contributed by atoms with Crippen molar-refractivity contribution < 1.29 is 18.7 Å². The fraction of sp³-hybridized carbons (Fsp3) is 0.524. The van der Waals surface area contributed by atoms with Crippen LogP contribution < -0.4 is 5.73 Å². The van der Waals surface area contributed by atoms with E-state index in [1.54, 1.807) is 11.3 Å². The molecule has 1 aromatic heterocycles. The molecule has 0 amide bonds. The van der Waals surface area contributed by atoms with Gasteiger partial charge in [0.25, 0.3) is 0 Å². The normalized spacial score (nSPS) is 14.2. The van der Waals surface area contributed by atoms with E-state index in [9.17, 15) is 8.96 Å². The molecule has 7 heteroatoms. The molecule has 156 valence electrons. The third-order valence-corrected chi connectivity index (χ3v) is 6.95. The van der Waals surface area contributed by atoms with Crippen LogP contribution in [-0.4, -0.2) is 21.5 Å². The summed E-state index contributed by atoms with van der Waals surface area (Å²) in [6, 6.07) is 11.0. The van der Waals surface area contributed by atoms with Crippen molar-refractivity contribution in [2.75, 3.05) is 6.16 Å². The van der Waals surface area contributed by atoms with Gasteiger partial charge in [0.05, 0.1) is 6.16 Å². The maximum atomic E-state index is 12.9. The number of hydrogen-bond acceptors (Lipinski definition) is 3. The molecule has 1 aromatic carbocycles. The molecular formula is C21H31FNO3PS. The third kappa shape index (κ3) is 9.44. The topological polar surface area (TPSA) is 83.6 Å². The Morgan fingerprint density at radius 2 is 1.57 bits per heavy atom. The molecule has 2 rings (SSSR count). The standard InChI is InChI=1S/C21H31FNO3PS/c1-21(23,15-16-27(24,25)26)14-13-20-12-11-19(28-20)6-4-2-3-5-17-7-9-18(22)10-8-17/h7-12H,2-6,13-16,23H2,1H3,(H2,24,25,26). The first-order valence-corrected chi connectivity index (χ1v) is 12.4. The van der Waals surface area contributed by atoms with E-state index in [4.69, 9.17) is 15.5 Å². The van der Waals surface area contributed by atoms with Gasteiger partial charge in [-0.15, -0.1) is 11.3 Å². The van der Waals surface area contributed by atoms with Crippen LogP contribution >= 0.6 is 18.9 Å². The molecule has 0 aliphatic carbocycles. The number of nitrogens with two attached hydrogens (primary N) is 1. The van der Waals surface area contributed by atoms with Crippen molar-refractivity contribution in [1.82, 2.24) is 0 Å². The zero-order valence-electron chi connectivity index (χ0n) is 16.4. The minimum absolute atomic E-state index is 0.159. The second kappa shape index (κ2) is 10.7. The molecule has 0 aliphatic heterocycles. The Balaban J connectivity index is 1.65. The Hall–Kier alpha value is -1.04. The summed E-state index contributed by atoms with van der Waals surface area (Å²) in [7, 11) is -3.99. The predicted octanol–water partition coefficient (Wildman–Crippen LogP) is 5.06. The maximum Gasteiger partial charge on any atom is 0.325 e. The van der Waals surface area contributed by atoms with Crippen LogP contribution in [0.1, 0.15) is 54.3 Å². The van der Waals surface area contributed by atoms with Gasteiger partial charge in [-0.1, -0.05) is 18.6 Å². The summed E-state index contributed by atoms with van der Waals surface area (Å²) < 4.78 is 23.9. The highest BCUT2D eigenvalue weighted by Gasteiger charge is 2.23. The molecule has 0 aliphatic rings. The van der Waals surface area contributed by atoms with Gasteiger partial charge in [0.1, 0.15) is 5.82 Å². The van der Waals surface area contributed by atoms with E-state index in [0.717, 1.165) is 38.5 Å². The number of rotatable bonds is 12. The summed E-state index contributed by atoms with van der Waals surface area (Å²) >= 11 is 1.80. The van der Waals surface area contributed by atoms with Gasteiger partial charge >= 0.3 is 7.60 Å². The summed E-state index contributed by atoms with van der Waals surface area (Å²) in [5, 5.41) is 0. The molecule has 2 aromatic rings. The van der Waals surface area contributed by atoms with E-state index < -0.39 is 13.1 Å². The Bertz CT molecular complexity index is 770. The lowest BCUT2D eigenvalue weighted by molar-refractivity contribution is 0.354. The highest BCUT2D eigenvalue weighted by molar-refractivity contribution is 7.51. The Morgan fingerprint density at radius 1 is 0.964 bits per heavy atom. The van der Waals surface area contributed by atoms with Gasteiger partial charge in [0.2, 0.25) is 0 Å². The fourth-order valence-corrected chi connectivity index (χ4v) is 4.94. The summed E-state index contributed by atoms with van der Waals surface area (Å²) in [4.78, 5) is 20.7. The lowest BCUT2D eigenvalue weighted by atomic mass is 9.94. The lowest BCUT2D eigenvalue weighted by Crippen LogP contribution is -2.37. The van der Waals surface area contributed by atoms with Gasteiger partial charge in [0, 0.05) is 15.3 Å². The largest absolute Gasteiger partial charge is 0.325 e. The van der Waals surface area contributed by atoms with Crippen molar-refractivity contribution in [3.8, 4) is 0 Å². The average molecular weight is 428 g/mol. The molecule has 0 spiro atoms. The maximum absolute atomic E-state index is 12.9. The summed E-state index contributed by atoms with van der Waals surface area (Å²) in [6.45, 7) is 1.86. The first-order chi connectivity index (χ1) is 13.1. The molecule has 0 saturated heterocycles. The van der Waals surface area contributed by atoms with Crippen LogP contribution in [0.4, 0.5) is 4.39 Å². The van der Waals surface area contributed by atoms with Gasteiger partial charge in [-0.2, -0.15) is 0 Å². The van der Waals surface area contributed by atoms with Crippen molar-refractivity contribution in [1.29, 1.82) is 0 Å². The molecule has 4 N–H and O–H groups in total. The molecule has 1 heterocycles. The van der Waals surface area contributed by atoms with Crippen LogP contribution in [0, 0.1) is 5.82 Å². The molecule has 28 heavy (non-hydrogen) atoms.